The Morgan fingerprint density at radius 1 is 1.53 bits per heavy atom. The van der Waals surface area contributed by atoms with Gasteiger partial charge in [0, 0.05) is 6.54 Å². The molecule has 1 rings (SSSR count). The number of carbonyl (C=O) groups excluding carboxylic acids is 1. The molecular weight excluding hydrogens is 284 g/mol. The van der Waals surface area contributed by atoms with Crippen LogP contribution < -0.4 is 15.8 Å². The van der Waals surface area contributed by atoms with Gasteiger partial charge in [0.2, 0.25) is 5.91 Å². The molecule has 0 bridgehead atoms. The summed E-state index contributed by atoms with van der Waals surface area (Å²) < 4.78 is 6.33. The quantitative estimate of drug-likeness (QED) is 0.807. The Bertz CT molecular complexity index is 383. The van der Waals surface area contributed by atoms with Crippen molar-refractivity contribution in [3.8, 4) is 5.75 Å². The van der Waals surface area contributed by atoms with Crippen LogP contribution in [0.2, 0.25) is 0 Å². The number of amides is 1. The number of nitrogens with one attached hydrogen (secondary N) is 1. The molecule has 5 heteroatoms. The molecule has 17 heavy (non-hydrogen) atoms. The van der Waals surface area contributed by atoms with Crippen LogP contribution in [0.4, 0.5) is 0 Å². The summed E-state index contributed by atoms with van der Waals surface area (Å²) in [6.07, 6.45) is 0.228. The van der Waals surface area contributed by atoms with Gasteiger partial charge in [-0.25, -0.2) is 0 Å². The Kier molecular flexibility index (Phi) is 6.00. The first-order valence-corrected chi connectivity index (χ1v) is 6.33. The highest BCUT2D eigenvalue weighted by Crippen LogP contribution is 2.26. The third-order valence-electron chi connectivity index (χ3n) is 2.18. The van der Waals surface area contributed by atoms with Crippen LogP contribution in [0.15, 0.2) is 22.7 Å². The Labute approximate surface area is 110 Å². The van der Waals surface area contributed by atoms with Gasteiger partial charge in [0.15, 0.2) is 0 Å². The number of ether oxygens (including phenoxy) is 1. The van der Waals surface area contributed by atoms with Gasteiger partial charge in [0.05, 0.1) is 17.5 Å². The standard InChI is InChI=1S/C12H17BrN2O2/c1-2-15-8-9-3-4-11(10(13)7-9)17-6-5-12(14)16/h3-4,7,15H,2,5-6,8H2,1H3,(H2,14,16). The van der Waals surface area contributed by atoms with Gasteiger partial charge in [-0.05, 0) is 40.2 Å². The summed E-state index contributed by atoms with van der Waals surface area (Å²) in [5, 5.41) is 3.25. The van der Waals surface area contributed by atoms with Gasteiger partial charge in [0.1, 0.15) is 5.75 Å². The van der Waals surface area contributed by atoms with Crippen LogP contribution in [0.5, 0.6) is 5.75 Å². The molecule has 0 radical (unpaired) electrons. The Balaban J connectivity index is 2.53. The first-order valence-electron chi connectivity index (χ1n) is 5.53. The molecule has 0 spiro atoms. The van der Waals surface area contributed by atoms with Crippen molar-refractivity contribution >= 4 is 21.8 Å². The fourth-order valence-electron chi connectivity index (χ4n) is 1.30. The molecule has 0 aromatic heterocycles. The van der Waals surface area contributed by atoms with Gasteiger partial charge in [0.25, 0.3) is 0 Å². The lowest BCUT2D eigenvalue weighted by molar-refractivity contribution is -0.118. The molecule has 4 nitrogen and oxygen atoms in total. The van der Waals surface area contributed by atoms with Gasteiger partial charge in [-0.3, -0.25) is 4.79 Å². The van der Waals surface area contributed by atoms with E-state index in [9.17, 15) is 4.79 Å². The van der Waals surface area contributed by atoms with Crippen LogP contribution in [0.1, 0.15) is 18.9 Å². The molecule has 0 saturated carbocycles. The van der Waals surface area contributed by atoms with Gasteiger partial charge < -0.3 is 15.8 Å². The maximum atomic E-state index is 10.6. The molecule has 0 fully saturated rings. The second-order valence-electron chi connectivity index (χ2n) is 3.61. The van der Waals surface area contributed by atoms with Crippen molar-refractivity contribution in [2.75, 3.05) is 13.2 Å². The number of benzene rings is 1. The largest absolute Gasteiger partial charge is 0.492 e. The van der Waals surface area contributed by atoms with Crippen molar-refractivity contribution in [1.29, 1.82) is 0 Å². The highest BCUT2D eigenvalue weighted by molar-refractivity contribution is 9.10. The van der Waals surface area contributed by atoms with Crippen molar-refractivity contribution in [3.05, 3.63) is 28.2 Å². The van der Waals surface area contributed by atoms with E-state index in [1.54, 1.807) is 0 Å². The number of primary amides is 1. The fourth-order valence-corrected chi connectivity index (χ4v) is 1.84. The third-order valence-corrected chi connectivity index (χ3v) is 2.80. The average Bonchev–Trinajstić information content (AvgIpc) is 2.28. The Hall–Kier alpha value is -1.07. The zero-order valence-electron chi connectivity index (χ0n) is 9.83. The topological polar surface area (TPSA) is 64.3 Å². The second kappa shape index (κ2) is 7.29. The van der Waals surface area contributed by atoms with Crippen LogP contribution in [-0.4, -0.2) is 19.1 Å². The van der Waals surface area contributed by atoms with Crippen LogP contribution in [0.3, 0.4) is 0 Å². The fraction of sp³-hybridized carbons (Fsp3) is 0.417. The molecule has 0 aliphatic carbocycles. The maximum Gasteiger partial charge on any atom is 0.220 e. The molecular formula is C12H17BrN2O2. The minimum Gasteiger partial charge on any atom is -0.492 e. The van der Waals surface area contributed by atoms with E-state index in [2.05, 4.69) is 28.2 Å². The smallest absolute Gasteiger partial charge is 0.220 e. The predicted octanol–water partition coefficient (Wildman–Crippen LogP) is 1.81. The molecule has 0 atom stereocenters. The van der Waals surface area contributed by atoms with Crippen molar-refractivity contribution < 1.29 is 9.53 Å². The second-order valence-corrected chi connectivity index (χ2v) is 4.46. The van der Waals surface area contributed by atoms with Gasteiger partial charge in [-0.15, -0.1) is 0 Å². The van der Waals surface area contributed by atoms with Crippen molar-refractivity contribution in [2.24, 2.45) is 5.73 Å². The van der Waals surface area contributed by atoms with E-state index < -0.39 is 0 Å². The summed E-state index contributed by atoms with van der Waals surface area (Å²) in [4.78, 5) is 10.6. The third kappa shape index (κ3) is 5.19. The van der Waals surface area contributed by atoms with Gasteiger partial charge >= 0.3 is 0 Å². The molecule has 94 valence electrons. The summed E-state index contributed by atoms with van der Waals surface area (Å²) in [5.41, 5.74) is 6.22. The normalized spacial score (nSPS) is 10.2. The zero-order valence-corrected chi connectivity index (χ0v) is 11.4. The minimum atomic E-state index is -0.357. The van der Waals surface area contributed by atoms with E-state index in [0.29, 0.717) is 6.61 Å². The molecule has 3 N–H and O–H groups in total. The maximum absolute atomic E-state index is 10.6. The zero-order chi connectivity index (χ0) is 12.7. The highest BCUT2D eigenvalue weighted by Gasteiger charge is 2.03. The number of hydrogen-bond acceptors (Lipinski definition) is 3. The molecule has 0 aliphatic rings. The number of nitrogens with two attached hydrogens (primary N) is 1. The highest BCUT2D eigenvalue weighted by atomic mass is 79.9. The molecule has 0 heterocycles. The summed E-state index contributed by atoms with van der Waals surface area (Å²) in [7, 11) is 0. The molecule has 1 amide bonds. The lowest BCUT2D eigenvalue weighted by atomic mass is 10.2. The van der Waals surface area contributed by atoms with Crippen LogP contribution >= 0.6 is 15.9 Å². The molecule has 0 saturated heterocycles. The average molecular weight is 301 g/mol. The first-order chi connectivity index (χ1) is 8.13. The molecule has 1 aromatic rings. The summed E-state index contributed by atoms with van der Waals surface area (Å²) in [6, 6.07) is 5.88. The van der Waals surface area contributed by atoms with Gasteiger partial charge in [-0.1, -0.05) is 13.0 Å². The van der Waals surface area contributed by atoms with Crippen LogP contribution in [-0.2, 0) is 11.3 Å². The van der Waals surface area contributed by atoms with E-state index in [1.165, 1.54) is 5.56 Å². The van der Waals surface area contributed by atoms with E-state index in [4.69, 9.17) is 10.5 Å². The first kappa shape index (κ1) is 14.0. The lowest BCUT2D eigenvalue weighted by Gasteiger charge is -2.09. The van der Waals surface area contributed by atoms with E-state index in [0.717, 1.165) is 23.3 Å². The van der Waals surface area contributed by atoms with Crippen molar-refractivity contribution in [2.45, 2.75) is 19.9 Å². The Morgan fingerprint density at radius 2 is 2.29 bits per heavy atom. The monoisotopic (exact) mass is 300 g/mol. The van der Waals surface area contributed by atoms with E-state index in [1.807, 2.05) is 18.2 Å². The molecule has 0 aliphatic heterocycles. The van der Waals surface area contributed by atoms with Gasteiger partial charge in [-0.2, -0.15) is 0 Å². The van der Waals surface area contributed by atoms with Crippen molar-refractivity contribution in [1.82, 2.24) is 5.32 Å². The molecule has 0 unspecified atom stereocenters. The number of carbonyl (C=O) groups is 1. The predicted molar refractivity (Wildman–Crippen MR) is 70.8 cm³/mol. The minimum absolute atomic E-state index is 0.228. The van der Waals surface area contributed by atoms with E-state index in [-0.39, 0.29) is 12.3 Å². The van der Waals surface area contributed by atoms with Crippen molar-refractivity contribution in [3.63, 3.8) is 0 Å². The summed E-state index contributed by atoms with van der Waals surface area (Å²) in [6.45, 7) is 4.14. The number of rotatable bonds is 7. The number of hydrogen-bond donors (Lipinski definition) is 2. The summed E-state index contributed by atoms with van der Waals surface area (Å²) in [5.74, 6) is 0.372. The number of halogens is 1. The lowest BCUT2D eigenvalue weighted by Crippen LogP contribution is -2.15. The SMILES string of the molecule is CCNCc1ccc(OCCC(N)=O)c(Br)c1. The van der Waals surface area contributed by atoms with Crippen LogP contribution in [0.25, 0.3) is 0 Å². The Morgan fingerprint density at radius 3 is 2.88 bits per heavy atom. The summed E-state index contributed by atoms with van der Waals surface area (Å²) >= 11 is 3.44. The molecule has 1 aromatic carbocycles. The van der Waals surface area contributed by atoms with Crippen LogP contribution in [0, 0.1) is 0 Å². The van der Waals surface area contributed by atoms with E-state index >= 15 is 0 Å².